The van der Waals surface area contributed by atoms with Crippen LogP contribution in [0.1, 0.15) is 15.4 Å². The van der Waals surface area contributed by atoms with Gasteiger partial charge >= 0.3 is 0 Å². The van der Waals surface area contributed by atoms with Gasteiger partial charge in [-0.1, -0.05) is 23.7 Å². The standard InChI is InChI=1S/C16H15ClN2OS/c1-19-14-10-12(17)5-4-11(14)9-15(19)16(20)18-7-6-13-3-2-8-21-13/h2-5,8-10H,6-7H2,1H3,(H,18,20). The summed E-state index contributed by atoms with van der Waals surface area (Å²) in [6, 6.07) is 11.6. The average molecular weight is 319 g/mol. The number of halogens is 1. The molecule has 3 nitrogen and oxygen atoms in total. The van der Waals surface area contributed by atoms with Gasteiger partial charge in [0, 0.05) is 34.4 Å². The van der Waals surface area contributed by atoms with E-state index in [9.17, 15) is 4.79 Å². The first kappa shape index (κ1) is 14.2. The first-order valence-corrected chi connectivity index (χ1v) is 7.96. The van der Waals surface area contributed by atoms with Gasteiger partial charge < -0.3 is 9.88 Å². The zero-order valence-corrected chi connectivity index (χ0v) is 13.2. The largest absolute Gasteiger partial charge is 0.350 e. The lowest BCUT2D eigenvalue weighted by Crippen LogP contribution is -2.27. The van der Waals surface area contributed by atoms with Crippen molar-refractivity contribution >= 4 is 39.7 Å². The van der Waals surface area contributed by atoms with Gasteiger partial charge in [-0.3, -0.25) is 4.79 Å². The lowest BCUT2D eigenvalue weighted by molar-refractivity contribution is 0.0946. The van der Waals surface area contributed by atoms with Gasteiger partial charge in [0.25, 0.3) is 5.91 Å². The highest BCUT2D eigenvalue weighted by molar-refractivity contribution is 7.09. The fourth-order valence-corrected chi connectivity index (χ4v) is 3.24. The third-order valence-electron chi connectivity index (χ3n) is 3.48. The molecule has 2 aromatic heterocycles. The van der Waals surface area contributed by atoms with Gasteiger partial charge in [0.2, 0.25) is 0 Å². The second-order valence-electron chi connectivity index (χ2n) is 4.88. The van der Waals surface area contributed by atoms with Gasteiger partial charge in [0.15, 0.2) is 0 Å². The number of hydrogen-bond donors (Lipinski definition) is 1. The van der Waals surface area contributed by atoms with Gasteiger partial charge in [-0.2, -0.15) is 0 Å². The summed E-state index contributed by atoms with van der Waals surface area (Å²) in [5.74, 6) is -0.0543. The molecule has 3 aromatic rings. The van der Waals surface area contributed by atoms with E-state index in [1.54, 1.807) is 11.3 Å². The highest BCUT2D eigenvalue weighted by atomic mass is 35.5. The maximum Gasteiger partial charge on any atom is 0.267 e. The van der Waals surface area contributed by atoms with Crippen molar-refractivity contribution in [3.8, 4) is 0 Å². The van der Waals surface area contributed by atoms with Crippen LogP contribution in [-0.2, 0) is 13.5 Å². The predicted molar refractivity (Wildman–Crippen MR) is 88.3 cm³/mol. The summed E-state index contributed by atoms with van der Waals surface area (Å²) >= 11 is 7.72. The molecule has 0 bridgehead atoms. The Morgan fingerprint density at radius 2 is 2.19 bits per heavy atom. The normalized spacial score (nSPS) is 11.0. The second-order valence-corrected chi connectivity index (χ2v) is 6.35. The summed E-state index contributed by atoms with van der Waals surface area (Å²) in [5.41, 5.74) is 1.62. The van der Waals surface area contributed by atoms with Gasteiger partial charge in [-0.05, 0) is 36.1 Å². The van der Waals surface area contributed by atoms with E-state index in [1.807, 2.05) is 47.3 Å². The maximum absolute atomic E-state index is 12.3. The molecule has 3 rings (SSSR count). The third kappa shape index (κ3) is 2.96. The van der Waals surface area contributed by atoms with Crippen LogP contribution < -0.4 is 5.32 Å². The van der Waals surface area contributed by atoms with Crippen LogP contribution in [-0.4, -0.2) is 17.0 Å². The molecule has 0 saturated heterocycles. The van der Waals surface area contributed by atoms with Crippen molar-refractivity contribution in [3.05, 3.63) is 57.4 Å². The molecule has 0 fully saturated rings. The number of hydrogen-bond acceptors (Lipinski definition) is 2. The molecule has 1 amide bonds. The van der Waals surface area contributed by atoms with Crippen LogP contribution in [0.3, 0.4) is 0 Å². The van der Waals surface area contributed by atoms with Crippen LogP contribution in [0.15, 0.2) is 41.8 Å². The van der Waals surface area contributed by atoms with E-state index in [4.69, 9.17) is 11.6 Å². The van der Waals surface area contributed by atoms with Gasteiger partial charge in [0.1, 0.15) is 5.69 Å². The number of carbonyl (C=O) groups excluding carboxylic acids is 1. The average Bonchev–Trinajstić information content (AvgIpc) is 3.08. The fourth-order valence-electron chi connectivity index (χ4n) is 2.37. The number of aryl methyl sites for hydroxylation is 1. The number of nitrogens with one attached hydrogen (secondary N) is 1. The molecule has 0 saturated carbocycles. The van der Waals surface area contributed by atoms with Crippen LogP contribution in [0.2, 0.25) is 5.02 Å². The Balaban J connectivity index is 1.73. The molecule has 21 heavy (non-hydrogen) atoms. The summed E-state index contributed by atoms with van der Waals surface area (Å²) < 4.78 is 1.88. The molecule has 5 heteroatoms. The first-order valence-electron chi connectivity index (χ1n) is 6.71. The fraction of sp³-hybridized carbons (Fsp3) is 0.188. The summed E-state index contributed by atoms with van der Waals surface area (Å²) in [6.45, 7) is 0.641. The molecule has 0 spiro atoms. The molecule has 0 unspecified atom stereocenters. The number of amides is 1. The SMILES string of the molecule is Cn1c(C(=O)NCCc2cccs2)cc2ccc(Cl)cc21. The van der Waals surface area contributed by atoms with E-state index in [1.165, 1.54) is 4.88 Å². The summed E-state index contributed by atoms with van der Waals surface area (Å²) in [4.78, 5) is 13.6. The Hall–Kier alpha value is -1.78. The number of thiophene rings is 1. The van der Waals surface area contributed by atoms with Gasteiger partial charge in [-0.15, -0.1) is 11.3 Å². The number of aromatic nitrogens is 1. The Morgan fingerprint density at radius 1 is 1.33 bits per heavy atom. The van der Waals surface area contributed by atoms with E-state index in [0.717, 1.165) is 17.3 Å². The quantitative estimate of drug-likeness (QED) is 0.778. The van der Waals surface area contributed by atoms with Crippen molar-refractivity contribution in [2.24, 2.45) is 7.05 Å². The second kappa shape index (κ2) is 5.92. The van der Waals surface area contributed by atoms with E-state index < -0.39 is 0 Å². The Bertz CT molecular complexity index is 777. The maximum atomic E-state index is 12.3. The molecule has 108 valence electrons. The molecule has 0 aliphatic rings. The molecule has 2 heterocycles. The van der Waals surface area contributed by atoms with E-state index in [-0.39, 0.29) is 5.91 Å². The monoisotopic (exact) mass is 318 g/mol. The molecule has 0 aliphatic heterocycles. The van der Waals surface area contributed by atoms with Crippen LogP contribution in [0, 0.1) is 0 Å². The van der Waals surface area contributed by atoms with Crippen molar-refractivity contribution in [2.75, 3.05) is 6.54 Å². The highest BCUT2D eigenvalue weighted by Gasteiger charge is 2.13. The third-order valence-corrected chi connectivity index (χ3v) is 4.65. The molecule has 0 aliphatic carbocycles. The van der Waals surface area contributed by atoms with E-state index in [0.29, 0.717) is 17.3 Å². The Labute approximate surface area is 132 Å². The number of fused-ring (bicyclic) bond motifs is 1. The van der Waals surface area contributed by atoms with Crippen molar-refractivity contribution in [2.45, 2.75) is 6.42 Å². The van der Waals surface area contributed by atoms with E-state index in [2.05, 4.69) is 11.4 Å². The first-order chi connectivity index (χ1) is 10.1. The minimum Gasteiger partial charge on any atom is -0.350 e. The van der Waals surface area contributed by atoms with E-state index >= 15 is 0 Å². The van der Waals surface area contributed by atoms with Crippen LogP contribution in [0.4, 0.5) is 0 Å². The highest BCUT2D eigenvalue weighted by Crippen LogP contribution is 2.22. The lowest BCUT2D eigenvalue weighted by atomic mass is 10.2. The molecule has 0 radical (unpaired) electrons. The zero-order chi connectivity index (χ0) is 14.8. The Morgan fingerprint density at radius 3 is 2.95 bits per heavy atom. The lowest BCUT2D eigenvalue weighted by Gasteiger charge is -2.06. The number of rotatable bonds is 4. The van der Waals surface area contributed by atoms with Crippen molar-refractivity contribution < 1.29 is 4.79 Å². The predicted octanol–water partition coefficient (Wildman–Crippen LogP) is 3.87. The smallest absolute Gasteiger partial charge is 0.267 e. The van der Waals surface area contributed by atoms with Crippen LogP contribution in [0.25, 0.3) is 10.9 Å². The summed E-state index contributed by atoms with van der Waals surface area (Å²) in [7, 11) is 1.88. The number of benzene rings is 1. The van der Waals surface area contributed by atoms with Crippen molar-refractivity contribution in [1.29, 1.82) is 0 Å². The summed E-state index contributed by atoms with van der Waals surface area (Å²) in [6.07, 6.45) is 0.860. The van der Waals surface area contributed by atoms with Crippen molar-refractivity contribution in [3.63, 3.8) is 0 Å². The Kier molecular flexibility index (Phi) is 3.99. The van der Waals surface area contributed by atoms with Gasteiger partial charge in [0.05, 0.1) is 0 Å². The topological polar surface area (TPSA) is 34.0 Å². The van der Waals surface area contributed by atoms with Gasteiger partial charge in [-0.25, -0.2) is 0 Å². The zero-order valence-electron chi connectivity index (χ0n) is 11.6. The van der Waals surface area contributed by atoms with Crippen molar-refractivity contribution in [1.82, 2.24) is 9.88 Å². The molecule has 1 aromatic carbocycles. The molecular weight excluding hydrogens is 304 g/mol. The minimum atomic E-state index is -0.0543. The number of carbonyl (C=O) groups is 1. The molecule has 1 N–H and O–H groups in total. The van der Waals surface area contributed by atoms with Crippen LogP contribution in [0.5, 0.6) is 0 Å². The van der Waals surface area contributed by atoms with Crippen LogP contribution >= 0.6 is 22.9 Å². The number of nitrogens with zero attached hydrogens (tertiary/aromatic N) is 1. The molecule has 0 atom stereocenters. The minimum absolute atomic E-state index is 0.0543. The molecular formula is C16H15ClN2OS. The summed E-state index contributed by atoms with van der Waals surface area (Å²) in [5, 5.41) is 6.71.